The lowest BCUT2D eigenvalue weighted by Crippen LogP contribution is -2.51. The topological polar surface area (TPSA) is 50.9 Å². The summed E-state index contributed by atoms with van der Waals surface area (Å²) in [5.74, 6) is 0. The fraction of sp³-hybridized carbons (Fsp3) is 0.650. The van der Waals surface area contributed by atoms with E-state index in [2.05, 4.69) is 56.6 Å². The fourth-order valence-corrected chi connectivity index (χ4v) is 3.16. The number of nitrogens with zero attached hydrogens (tertiary/aromatic N) is 3. The molecular formula is C20H35N5O. The van der Waals surface area contributed by atoms with Crippen LogP contribution in [0.5, 0.6) is 0 Å². The molecule has 6 nitrogen and oxygen atoms in total. The highest BCUT2D eigenvalue weighted by atomic mass is 16.2. The monoisotopic (exact) mass is 361 g/mol. The van der Waals surface area contributed by atoms with Crippen molar-refractivity contribution in [2.45, 2.75) is 32.4 Å². The van der Waals surface area contributed by atoms with Gasteiger partial charge in [-0.3, -0.25) is 4.90 Å². The van der Waals surface area contributed by atoms with Crippen LogP contribution in [0.25, 0.3) is 0 Å². The highest BCUT2D eigenvalue weighted by Gasteiger charge is 2.25. The maximum atomic E-state index is 12.2. The molecule has 0 spiro atoms. The summed E-state index contributed by atoms with van der Waals surface area (Å²) in [7, 11) is 6.25. The molecule has 0 radical (unpaired) electrons. The average molecular weight is 362 g/mol. The van der Waals surface area contributed by atoms with Crippen LogP contribution in [0.4, 0.5) is 10.5 Å². The van der Waals surface area contributed by atoms with Crippen LogP contribution in [0.1, 0.15) is 32.4 Å². The Morgan fingerprint density at radius 2 is 1.69 bits per heavy atom. The Balaban J connectivity index is 2.10. The van der Waals surface area contributed by atoms with E-state index in [0.717, 1.165) is 26.2 Å². The standard InChI is InChI=1S/C20H35N5O/c1-20(2,3)22-19(26)21-15-18(25-13-11-24(6)12-14-25)16-7-9-17(10-8-16)23(4)5/h7-10,18H,11-15H2,1-6H3,(H2,21,22,26). The summed E-state index contributed by atoms with van der Waals surface area (Å²) in [5, 5.41) is 6.04. The Bertz CT molecular complexity index is 571. The Kier molecular flexibility index (Phi) is 6.89. The predicted molar refractivity (Wildman–Crippen MR) is 109 cm³/mol. The highest BCUT2D eigenvalue weighted by molar-refractivity contribution is 5.74. The Labute approximate surface area is 158 Å². The number of hydrogen-bond acceptors (Lipinski definition) is 4. The number of anilines is 1. The summed E-state index contributed by atoms with van der Waals surface area (Å²) in [6.45, 7) is 10.7. The van der Waals surface area contributed by atoms with E-state index in [0.29, 0.717) is 6.54 Å². The molecule has 26 heavy (non-hydrogen) atoms. The van der Waals surface area contributed by atoms with Gasteiger partial charge in [0.1, 0.15) is 0 Å². The third kappa shape index (κ3) is 6.18. The zero-order valence-corrected chi connectivity index (χ0v) is 17.2. The van der Waals surface area contributed by atoms with Crippen molar-refractivity contribution >= 4 is 11.7 Å². The minimum absolute atomic E-state index is 0.110. The normalized spacial score (nSPS) is 17.6. The van der Waals surface area contributed by atoms with Gasteiger partial charge >= 0.3 is 6.03 Å². The minimum atomic E-state index is -0.235. The summed E-state index contributed by atoms with van der Waals surface area (Å²) < 4.78 is 0. The lowest BCUT2D eigenvalue weighted by Gasteiger charge is -2.38. The van der Waals surface area contributed by atoms with Gasteiger partial charge in [0.15, 0.2) is 0 Å². The maximum absolute atomic E-state index is 12.2. The molecule has 0 bridgehead atoms. The first kappa shape index (κ1) is 20.5. The molecule has 146 valence electrons. The van der Waals surface area contributed by atoms with Crippen LogP contribution < -0.4 is 15.5 Å². The van der Waals surface area contributed by atoms with Crippen molar-refractivity contribution < 1.29 is 4.79 Å². The number of urea groups is 1. The summed E-state index contributed by atoms with van der Waals surface area (Å²) in [4.78, 5) is 19.1. The predicted octanol–water partition coefficient (Wildman–Crippen LogP) is 2.14. The Morgan fingerprint density at radius 3 is 2.19 bits per heavy atom. The minimum Gasteiger partial charge on any atom is -0.378 e. The van der Waals surface area contributed by atoms with Gasteiger partial charge in [-0.05, 0) is 45.5 Å². The molecule has 1 saturated heterocycles. The molecule has 2 rings (SSSR count). The average Bonchev–Trinajstić information content (AvgIpc) is 2.55. The number of benzene rings is 1. The summed E-state index contributed by atoms with van der Waals surface area (Å²) in [5.41, 5.74) is 2.20. The second-order valence-corrected chi connectivity index (χ2v) is 8.43. The Hall–Kier alpha value is -1.79. The van der Waals surface area contributed by atoms with Gasteiger partial charge in [-0.1, -0.05) is 12.1 Å². The lowest BCUT2D eigenvalue weighted by atomic mass is 10.0. The molecular weight excluding hydrogens is 326 g/mol. The van der Waals surface area contributed by atoms with E-state index >= 15 is 0 Å². The van der Waals surface area contributed by atoms with Gasteiger partial charge in [0.05, 0.1) is 6.04 Å². The third-order valence-corrected chi connectivity index (χ3v) is 4.72. The van der Waals surface area contributed by atoms with Crippen molar-refractivity contribution in [1.29, 1.82) is 0 Å². The molecule has 1 aliphatic rings. The molecule has 2 N–H and O–H groups in total. The number of rotatable bonds is 5. The quantitative estimate of drug-likeness (QED) is 0.844. The van der Waals surface area contributed by atoms with Crippen molar-refractivity contribution in [1.82, 2.24) is 20.4 Å². The van der Waals surface area contributed by atoms with E-state index in [9.17, 15) is 4.79 Å². The fourth-order valence-electron chi connectivity index (χ4n) is 3.16. The SMILES string of the molecule is CN1CCN(C(CNC(=O)NC(C)(C)C)c2ccc(N(C)C)cc2)CC1. The molecule has 1 aromatic carbocycles. The molecule has 0 saturated carbocycles. The largest absolute Gasteiger partial charge is 0.378 e. The van der Waals surface area contributed by atoms with Crippen LogP contribution in [0.3, 0.4) is 0 Å². The van der Waals surface area contributed by atoms with Gasteiger partial charge in [0.2, 0.25) is 0 Å². The molecule has 1 aliphatic heterocycles. The van der Waals surface area contributed by atoms with Crippen LogP contribution in [-0.4, -0.2) is 75.2 Å². The molecule has 1 heterocycles. The zero-order valence-electron chi connectivity index (χ0n) is 17.2. The number of amides is 2. The van der Waals surface area contributed by atoms with E-state index in [4.69, 9.17) is 0 Å². The second kappa shape index (κ2) is 8.73. The molecule has 1 atom stereocenters. The summed E-state index contributed by atoms with van der Waals surface area (Å²) in [6, 6.07) is 8.73. The lowest BCUT2D eigenvalue weighted by molar-refractivity contribution is 0.111. The van der Waals surface area contributed by atoms with Gasteiger partial charge < -0.3 is 20.4 Å². The maximum Gasteiger partial charge on any atom is 0.315 e. The molecule has 1 fully saturated rings. The van der Waals surface area contributed by atoms with Crippen molar-refractivity contribution in [3.8, 4) is 0 Å². The first-order valence-electron chi connectivity index (χ1n) is 9.41. The summed E-state index contributed by atoms with van der Waals surface area (Å²) >= 11 is 0. The van der Waals surface area contributed by atoms with Crippen LogP contribution in [0.2, 0.25) is 0 Å². The van der Waals surface area contributed by atoms with E-state index in [1.807, 2.05) is 34.9 Å². The van der Waals surface area contributed by atoms with E-state index in [1.165, 1.54) is 11.3 Å². The smallest absolute Gasteiger partial charge is 0.315 e. The number of carbonyl (C=O) groups excluding carboxylic acids is 1. The number of carbonyl (C=O) groups is 1. The van der Waals surface area contributed by atoms with E-state index < -0.39 is 0 Å². The number of nitrogens with one attached hydrogen (secondary N) is 2. The van der Waals surface area contributed by atoms with Gasteiger partial charge in [-0.2, -0.15) is 0 Å². The van der Waals surface area contributed by atoms with Gasteiger partial charge in [0.25, 0.3) is 0 Å². The molecule has 1 unspecified atom stereocenters. The molecule has 6 heteroatoms. The number of piperazine rings is 1. The van der Waals surface area contributed by atoms with Crippen LogP contribution >= 0.6 is 0 Å². The van der Waals surface area contributed by atoms with Crippen molar-refractivity contribution in [3.63, 3.8) is 0 Å². The molecule has 0 aliphatic carbocycles. The van der Waals surface area contributed by atoms with Crippen LogP contribution in [0.15, 0.2) is 24.3 Å². The first-order valence-corrected chi connectivity index (χ1v) is 9.41. The number of likely N-dealkylation sites (N-methyl/N-ethyl adjacent to an activating group) is 1. The van der Waals surface area contributed by atoms with Crippen molar-refractivity contribution in [2.24, 2.45) is 0 Å². The van der Waals surface area contributed by atoms with Crippen molar-refractivity contribution in [3.05, 3.63) is 29.8 Å². The highest BCUT2D eigenvalue weighted by Crippen LogP contribution is 2.24. The Morgan fingerprint density at radius 1 is 1.12 bits per heavy atom. The number of hydrogen-bond donors (Lipinski definition) is 2. The van der Waals surface area contributed by atoms with Gasteiger partial charge in [-0.15, -0.1) is 0 Å². The third-order valence-electron chi connectivity index (χ3n) is 4.72. The van der Waals surface area contributed by atoms with Crippen molar-refractivity contribution in [2.75, 3.05) is 58.8 Å². The zero-order chi connectivity index (χ0) is 19.3. The van der Waals surface area contributed by atoms with Crippen LogP contribution in [-0.2, 0) is 0 Å². The summed E-state index contributed by atoms with van der Waals surface area (Å²) in [6.07, 6.45) is 0. The second-order valence-electron chi connectivity index (χ2n) is 8.43. The van der Waals surface area contributed by atoms with Crippen LogP contribution in [0, 0.1) is 0 Å². The molecule has 0 aromatic heterocycles. The molecule has 2 amide bonds. The van der Waals surface area contributed by atoms with Gasteiger partial charge in [0, 0.05) is 58.0 Å². The van der Waals surface area contributed by atoms with E-state index in [-0.39, 0.29) is 17.6 Å². The van der Waals surface area contributed by atoms with Gasteiger partial charge in [-0.25, -0.2) is 4.79 Å². The molecule has 1 aromatic rings. The van der Waals surface area contributed by atoms with E-state index in [1.54, 1.807) is 0 Å². The first-order chi connectivity index (χ1) is 12.2.